The van der Waals surface area contributed by atoms with Crippen molar-refractivity contribution in [1.29, 1.82) is 0 Å². The van der Waals surface area contributed by atoms with Gasteiger partial charge in [-0.2, -0.15) is 0 Å². The number of benzene rings is 3. The summed E-state index contributed by atoms with van der Waals surface area (Å²) in [5.41, 5.74) is 1.46. The molecule has 0 fully saturated rings. The number of rotatable bonds is 7. The standard InChI is InChI=1S/C21H21NO4S/c1-25-19-10-8-17(9-11-19)16-22(18-6-4-3-5-7-18)27(23,24)21-14-12-20(26-2)13-15-21/h3-15H,16H2,1-2H3. The van der Waals surface area contributed by atoms with Crippen molar-refractivity contribution in [3.63, 3.8) is 0 Å². The number of para-hydroxylation sites is 1. The normalized spacial score (nSPS) is 11.0. The molecule has 0 spiro atoms. The maximum atomic E-state index is 13.3. The van der Waals surface area contributed by atoms with Gasteiger partial charge in [0.05, 0.1) is 31.3 Å². The Morgan fingerprint density at radius 2 is 1.26 bits per heavy atom. The molecule has 0 amide bonds. The molecule has 0 aromatic heterocycles. The molecule has 140 valence electrons. The summed E-state index contributed by atoms with van der Waals surface area (Å²) in [6, 6.07) is 22.8. The zero-order valence-electron chi connectivity index (χ0n) is 15.2. The van der Waals surface area contributed by atoms with Crippen LogP contribution in [0.25, 0.3) is 0 Å². The summed E-state index contributed by atoms with van der Waals surface area (Å²) in [7, 11) is -0.605. The molecule has 0 bridgehead atoms. The summed E-state index contributed by atoms with van der Waals surface area (Å²) in [4.78, 5) is 0.209. The highest BCUT2D eigenvalue weighted by atomic mass is 32.2. The molecule has 0 aliphatic rings. The molecule has 6 heteroatoms. The van der Waals surface area contributed by atoms with Gasteiger partial charge in [0.1, 0.15) is 11.5 Å². The van der Waals surface area contributed by atoms with Crippen molar-refractivity contribution in [2.75, 3.05) is 18.5 Å². The number of methoxy groups -OCH3 is 2. The van der Waals surface area contributed by atoms with E-state index in [0.29, 0.717) is 11.4 Å². The number of hydrogen-bond acceptors (Lipinski definition) is 4. The van der Waals surface area contributed by atoms with Crippen LogP contribution >= 0.6 is 0 Å². The van der Waals surface area contributed by atoms with Gasteiger partial charge in [0.15, 0.2) is 0 Å². The minimum Gasteiger partial charge on any atom is -0.497 e. The van der Waals surface area contributed by atoms with E-state index >= 15 is 0 Å². The molecule has 3 rings (SSSR count). The first-order valence-electron chi connectivity index (χ1n) is 8.39. The van der Waals surface area contributed by atoms with Gasteiger partial charge >= 0.3 is 0 Å². The van der Waals surface area contributed by atoms with Crippen LogP contribution in [-0.4, -0.2) is 22.6 Å². The van der Waals surface area contributed by atoms with Gasteiger partial charge in [-0.3, -0.25) is 4.31 Å². The van der Waals surface area contributed by atoms with Crippen molar-refractivity contribution in [3.8, 4) is 11.5 Å². The molecule has 0 aliphatic carbocycles. The zero-order valence-corrected chi connectivity index (χ0v) is 16.0. The fourth-order valence-corrected chi connectivity index (χ4v) is 4.13. The zero-order chi connectivity index (χ0) is 19.3. The summed E-state index contributed by atoms with van der Waals surface area (Å²) in [5, 5.41) is 0. The van der Waals surface area contributed by atoms with Gasteiger partial charge in [-0.05, 0) is 54.1 Å². The van der Waals surface area contributed by atoms with Crippen LogP contribution in [0.4, 0.5) is 5.69 Å². The smallest absolute Gasteiger partial charge is 0.264 e. The highest BCUT2D eigenvalue weighted by Crippen LogP contribution is 2.27. The second kappa shape index (κ2) is 8.14. The molecule has 0 saturated carbocycles. The summed E-state index contributed by atoms with van der Waals surface area (Å²) in [5.74, 6) is 1.33. The van der Waals surface area contributed by atoms with E-state index in [9.17, 15) is 8.42 Å². The molecule has 3 aromatic carbocycles. The number of anilines is 1. The summed E-state index contributed by atoms with van der Waals surface area (Å²) >= 11 is 0. The van der Waals surface area contributed by atoms with E-state index in [1.54, 1.807) is 50.6 Å². The fourth-order valence-electron chi connectivity index (χ4n) is 2.68. The monoisotopic (exact) mass is 383 g/mol. The molecule has 27 heavy (non-hydrogen) atoms. The maximum Gasteiger partial charge on any atom is 0.264 e. The topological polar surface area (TPSA) is 55.8 Å². The average molecular weight is 383 g/mol. The second-order valence-electron chi connectivity index (χ2n) is 5.87. The highest BCUT2D eigenvalue weighted by molar-refractivity contribution is 7.92. The first kappa shape index (κ1) is 18.8. The van der Waals surface area contributed by atoms with Crippen LogP contribution in [0.15, 0.2) is 83.8 Å². The first-order valence-corrected chi connectivity index (χ1v) is 9.83. The minimum absolute atomic E-state index is 0.209. The van der Waals surface area contributed by atoms with Gasteiger partial charge in [-0.15, -0.1) is 0 Å². The van der Waals surface area contributed by atoms with Crippen molar-refractivity contribution >= 4 is 15.7 Å². The van der Waals surface area contributed by atoms with Crippen LogP contribution in [-0.2, 0) is 16.6 Å². The Bertz CT molecular complexity index is 969. The predicted octanol–water partition coefficient (Wildman–Crippen LogP) is 4.10. The summed E-state index contributed by atoms with van der Waals surface area (Å²) in [6.45, 7) is 0.211. The molecule has 0 saturated heterocycles. The maximum absolute atomic E-state index is 13.3. The van der Waals surface area contributed by atoms with E-state index in [-0.39, 0.29) is 11.4 Å². The van der Waals surface area contributed by atoms with Crippen LogP contribution < -0.4 is 13.8 Å². The Morgan fingerprint density at radius 1 is 0.741 bits per heavy atom. The van der Waals surface area contributed by atoms with E-state index in [1.807, 2.05) is 42.5 Å². The number of ether oxygens (including phenoxy) is 2. The number of nitrogens with zero attached hydrogens (tertiary/aromatic N) is 1. The summed E-state index contributed by atoms with van der Waals surface area (Å²) < 4.78 is 38.3. The molecule has 0 radical (unpaired) electrons. The number of sulfonamides is 1. The fraction of sp³-hybridized carbons (Fsp3) is 0.143. The van der Waals surface area contributed by atoms with Crippen LogP contribution in [0.1, 0.15) is 5.56 Å². The lowest BCUT2D eigenvalue weighted by Crippen LogP contribution is -2.30. The SMILES string of the molecule is COc1ccc(CN(c2ccccc2)S(=O)(=O)c2ccc(OC)cc2)cc1. The van der Waals surface area contributed by atoms with Crippen LogP contribution in [0, 0.1) is 0 Å². The van der Waals surface area contributed by atoms with Crippen molar-refractivity contribution < 1.29 is 17.9 Å². The van der Waals surface area contributed by atoms with Crippen molar-refractivity contribution in [2.45, 2.75) is 11.4 Å². The Kier molecular flexibility index (Phi) is 5.66. The molecular formula is C21H21NO4S. The largest absolute Gasteiger partial charge is 0.497 e. The molecule has 0 aliphatic heterocycles. The predicted molar refractivity (Wildman–Crippen MR) is 106 cm³/mol. The number of hydrogen-bond donors (Lipinski definition) is 0. The second-order valence-corrected chi connectivity index (χ2v) is 7.73. The van der Waals surface area contributed by atoms with E-state index in [4.69, 9.17) is 9.47 Å². The van der Waals surface area contributed by atoms with Gasteiger partial charge in [0.25, 0.3) is 10.0 Å². The van der Waals surface area contributed by atoms with Crippen molar-refractivity contribution in [1.82, 2.24) is 0 Å². The van der Waals surface area contributed by atoms with E-state index in [1.165, 1.54) is 4.31 Å². The summed E-state index contributed by atoms with van der Waals surface area (Å²) in [6.07, 6.45) is 0. The van der Waals surface area contributed by atoms with Crippen LogP contribution in [0.2, 0.25) is 0 Å². The Balaban J connectivity index is 2.00. The lowest BCUT2D eigenvalue weighted by Gasteiger charge is -2.25. The van der Waals surface area contributed by atoms with Crippen LogP contribution in [0.3, 0.4) is 0 Å². The third-order valence-electron chi connectivity index (χ3n) is 4.18. The Labute approximate surface area is 159 Å². The van der Waals surface area contributed by atoms with Gasteiger partial charge < -0.3 is 9.47 Å². The van der Waals surface area contributed by atoms with Gasteiger partial charge in [-0.1, -0.05) is 30.3 Å². The molecular weight excluding hydrogens is 362 g/mol. The quantitative estimate of drug-likeness (QED) is 0.616. The molecule has 0 heterocycles. The van der Waals surface area contributed by atoms with Gasteiger partial charge in [0.2, 0.25) is 0 Å². The van der Waals surface area contributed by atoms with Gasteiger partial charge in [0, 0.05) is 0 Å². The van der Waals surface area contributed by atoms with Crippen LogP contribution in [0.5, 0.6) is 11.5 Å². The van der Waals surface area contributed by atoms with E-state index in [2.05, 4.69) is 0 Å². The Morgan fingerprint density at radius 3 is 1.78 bits per heavy atom. The van der Waals surface area contributed by atoms with Crippen molar-refractivity contribution in [2.24, 2.45) is 0 Å². The molecule has 0 unspecified atom stereocenters. The minimum atomic E-state index is -3.75. The van der Waals surface area contributed by atoms with E-state index < -0.39 is 10.0 Å². The molecule has 0 N–H and O–H groups in total. The van der Waals surface area contributed by atoms with E-state index in [0.717, 1.165) is 11.3 Å². The first-order chi connectivity index (χ1) is 13.0. The highest BCUT2D eigenvalue weighted by Gasteiger charge is 2.25. The third-order valence-corrected chi connectivity index (χ3v) is 5.96. The average Bonchev–Trinajstić information content (AvgIpc) is 2.73. The van der Waals surface area contributed by atoms with Crippen molar-refractivity contribution in [3.05, 3.63) is 84.4 Å². The van der Waals surface area contributed by atoms with Gasteiger partial charge in [-0.25, -0.2) is 8.42 Å². The molecule has 0 atom stereocenters. The Hall–Kier alpha value is -2.99. The lowest BCUT2D eigenvalue weighted by atomic mass is 10.2. The molecule has 3 aromatic rings. The third kappa shape index (κ3) is 4.23. The molecule has 5 nitrogen and oxygen atoms in total. The lowest BCUT2D eigenvalue weighted by molar-refractivity contribution is 0.414.